The van der Waals surface area contributed by atoms with E-state index in [0.29, 0.717) is 23.0 Å². The van der Waals surface area contributed by atoms with Crippen LogP contribution < -0.4 is 10.6 Å². The molecule has 1 aromatic carbocycles. The quantitative estimate of drug-likeness (QED) is 0.495. The van der Waals surface area contributed by atoms with Gasteiger partial charge in [-0.25, -0.2) is 14.4 Å². The third-order valence-electron chi connectivity index (χ3n) is 5.46. The number of fused-ring (bicyclic) bond motifs is 1. The van der Waals surface area contributed by atoms with Gasteiger partial charge in [0.25, 0.3) is 0 Å². The number of piperidine rings is 1. The van der Waals surface area contributed by atoms with Crippen LogP contribution in [-0.2, 0) is 11.6 Å². The Morgan fingerprint density at radius 1 is 1.24 bits per heavy atom. The maximum Gasteiger partial charge on any atom is 0.335 e. The van der Waals surface area contributed by atoms with Gasteiger partial charge in [0.05, 0.1) is 12.0 Å². The van der Waals surface area contributed by atoms with Crippen LogP contribution in [-0.4, -0.2) is 47.0 Å². The number of likely N-dealkylation sites (tertiary alicyclic amines) is 1. The molecule has 3 heterocycles. The first-order valence-electron chi connectivity index (χ1n) is 10.9. The number of nitrogens with one attached hydrogen (secondary N) is 2. The third kappa shape index (κ3) is 6.35. The van der Waals surface area contributed by atoms with Crippen molar-refractivity contribution in [2.45, 2.75) is 52.0 Å². The van der Waals surface area contributed by atoms with Crippen LogP contribution in [0.2, 0.25) is 0 Å². The molecular weight excluding hydrogens is 477 g/mol. The summed E-state index contributed by atoms with van der Waals surface area (Å²) >= 11 is 4.82. The summed E-state index contributed by atoms with van der Waals surface area (Å²) in [7, 11) is 0. The molecule has 4 rings (SSSR count). The monoisotopic (exact) mass is 505 g/mol. The smallest absolute Gasteiger partial charge is 0.335 e. The summed E-state index contributed by atoms with van der Waals surface area (Å²) in [5, 5.41) is 7.24. The van der Waals surface area contributed by atoms with Gasteiger partial charge in [0.2, 0.25) is 0 Å². The zero-order chi connectivity index (χ0) is 24.9. The Hall–Kier alpha value is -2.92. The highest BCUT2D eigenvalue weighted by Gasteiger charge is 2.27. The van der Waals surface area contributed by atoms with Crippen molar-refractivity contribution < 1.29 is 17.2 Å². The number of halogens is 1. The van der Waals surface area contributed by atoms with E-state index < -0.39 is 11.6 Å². The minimum absolute atomic E-state index is 0.0497. The summed E-state index contributed by atoms with van der Waals surface area (Å²) in [6.07, 6.45) is 5.18. The molecule has 182 valence electrons. The summed E-state index contributed by atoms with van der Waals surface area (Å²) < 4.78 is 36.7. The standard InChI is InChI=1S/C23H28FN5OS.O2S/c1-14-5-6-18(17(24)11-14)27-21-20-19(25-13-26-21)16(12-30-20)15-7-9-29(10-8-15)22(31)28-23(2,3)4;1-3-2/h5-6,11-13,15H,7-10H2,1-4H3,(H,28,31)(H,25,26,27);. The lowest BCUT2D eigenvalue weighted by Gasteiger charge is -2.36. The summed E-state index contributed by atoms with van der Waals surface area (Å²) in [6.45, 7) is 9.94. The molecule has 2 aromatic heterocycles. The minimum atomic E-state index is -0.750. The molecule has 3 aromatic rings. The molecule has 0 amide bonds. The van der Waals surface area contributed by atoms with Gasteiger partial charge in [0, 0.05) is 24.2 Å². The normalized spacial score (nSPS) is 14.3. The van der Waals surface area contributed by atoms with Gasteiger partial charge < -0.3 is 20.0 Å². The number of hydrogen-bond donors (Lipinski definition) is 2. The molecule has 1 aliphatic rings. The topological polar surface area (TPSA) is 100 Å². The molecule has 34 heavy (non-hydrogen) atoms. The van der Waals surface area contributed by atoms with E-state index in [-0.39, 0.29) is 11.4 Å². The van der Waals surface area contributed by atoms with E-state index >= 15 is 0 Å². The predicted octanol–water partition coefficient (Wildman–Crippen LogP) is 4.60. The second kappa shape index (κ2) is 11.0. The van der Waals surface area contributed by atoms with Crippen molar-refractivity contribution in [1.82, 2.24) is 20.2 Å². The number of aromatic nitrogens is 2. The van der Waals surface area contributed by atoms with E-state index in [4.69, 9.17) is 25.1 Å². The zero-order valence-electron chi connectivity index (χ0n) is 19.6. The van der Waals surface area contributed by atoms with E-state index in [0.717, 1.165) is 47.7 Å². The molecule has 2 N–H and O–H groups in total. The Morgan fingerprint density at radius 2 is 1.91 bits per heavy atom. The van der Waals surface area contributed by atoms with Crippen LogP contribution in [0.15, 0.2) is 35.2 Å². The second-order valence-electron chi connectivity index (χ2n) is 9.21. The highest BCUT2D eigenvalue weighted by molar-refractivity contribution is 7.80. The third-order valence-corrected chi connectivity index (χ3v) is 5.82. The van der Waals surface area contributed by atoms with Crippen LogP contribution in [0.1, 0.15) is 50.7 Å². The van der Waals surface area contributed by atoms with Gasteiger partial charge in [-0.3, -0.25) is 0 Å². The number of rotatable bonds is 3. The fourth-order valence-electron chi connectivity index (χ4n) is 3.89. The number of aryl methyl sites for hydroxylation is 1. The number of anilines is 2. The largest absolute Gasteiger partial charge is 0.458 e. The van der Waals surface area contributed by atoms with Gasteiger partial charge in [-0.15, -0.1) is 0 Å². The zero-order valence-corrected chi connectivity index (χ0v) is 21.2. The van der Waals surface area contributed by atoms with Gasteiger partial charge >= 0.3 is 11.6 Å². The fourth-order valence-corrected chi connectivity index (χ4v) is 4.38. The number of benzene rings is 1. The SMILES string of the molecule is Cc1ccc(Nc2ncnc3c(C4CCN(C(=S)NC(C)(C)C)CC4)coc23)c(F)c1.O=S=O. The molecular formula is C23H28FN5O3S2. The van der Waals surface area contributed by atoms with Gasteiger partial charge in [0.15, 0.2) is 16.5 Å². The molecule has 0 spiro atoms. The van der Waals surface area contributed by atoms with Crippen molar-refractivity contribution in [2.75, 3.05) is 18.4 Å². The molecule has 1 fully saturated rings. The van der Waals surface area contributed by atoms with Crippen molar-refractivity contribution >= 4 is 51.5 Å². The summed E-state index contributed by atoms with van der Waals surface area (Å²) in [5.41, 5.74) is 3.56. The Kier molecular flexibility index (Phi) is 8.32. The Bertz CT molecular complexity index is 1200. The first-order valence-corrected chi connectivity index (χ1v) is 11.9. The van der Waals surface area contributed by atoms with Crippen molar-refractivity contribution in [1.29, 1.82) is 0 Å². The Balaban J connectivity index is 0.00000103. The number of thiocarbonyl (C=S) groups is 1. The molecule has 0 atom stereocenters. The molecule has 8 nitrogen and oxygen atoms in total. The lowest BCUT2D eigenvalue weighted by molar-refractivity contribution is 0.301. The molecule has 0 saturated carbocycles. The Morgan fingerprint density at radius 3 is 2.53 bits per heavy atom. The average molecular weight is 506 g/mol. The van der Waals surface area contributed by atoms with Crippen molar-refractivity contribution in [3.05, 3.63) is 47.7 Å². The molecule has 1 aliphatic heterocycles. The number of furan rings is 1. The fraction of sp³-hybridized carbons (Fsp3) is 0.435. The van der Waals surface area contributed by atoms with Crippen molar-refractivity contribution in [3.8, 4) is 0 Å². The van der Waals surface area contributed by atoms with Crippen LogP contribution in [0.5, 0.6) is 0 Å². The van der Waals surface area contributed by atoms with Gasteiger partial charge in [-0.2, -0.15) is 8.42 Å². The van der Waals surface area contributed by atoms with Crippen molar-refractivity contribution in [3.63, 3.8) is 0 Å². The predicted molar refractivity (Wildman–Crippen MR) is 134 cm³/mol. The summed E-state index contributed by atoms with van der Waals surface area (Å²) in [4.78, 5) is 11.0. The van der Waals surface area contributed by atoms with E-state index in [2.05, 4.69) is 46.3 Å². The van der Waals surface area contributed by atoms with E-state index in [9.17, 15) is 4.39 Å². The van der Waals surface area contributed by atoms with Crippen LogP contribution in [0.25, 0.3) is 11.1 Å². The number of hydrogen-bond acceptors (Lipinski definition) is 7. The summed E-state index contributed by atoms with van der Waals surface area (Å²) in [5.74, 6) is 0.464. The van der Waals surface area contributed by atoms with Crippen LogP contribution in [0.3, 0.4) is 0 Å². The first kappa shape index (κ1) is 25.7. The summed E-state index contributed by atoms with van der Waals surface area (Å²) in [6, 6.07) is 5.04. The van der Waals surface area contributed by atoms with Gasteiger partial charge in [-0.1, -0.05) is 6.07 Å². The lowest BCUT2D eigenvalue weighted by Crippen LogP contribution is -2.50. The molecule has 0 radical (unpaired) electrons. The first-order chi connectivity index (χ1) is 16.1. The van der Waals surface area contributed by atoms with Crippen molar-refractivity contribution in [2.24, 2.45) is 0 Å². The van der Waals surface area contributed by atoms with E-state index in [1.54, 1.807) is 12.3 Å². The average Bonchev–Trinajstić information content (AvgIpc) is 3.20. The molecule has 0 bridgehead atoms. The second-order valence-corrected chi connectivity index (χ2v) is 9.73. The van der Waals surface area contributed by atoms with E-state index in [1.165, 1.54) is 12.4 Å². The maximum absolute atomic E-state index is 14.3. The van der Waals surface area contributed by atoms with Crippen LogP contribution in [0, 0.1) is 12.7 Å². The van der Waals surface area contributed by atoms with Gasteiger partial charge in [-0.05, 0) is 76.4 Å². The molecule has 11 heteroatoms. The van der Waals surface area contributed by atoms with Crippen LogP contribution in [0.4, 0.5) is 15.9 Å². The van der Waals surface area contributed by atoms with Gasteiger partial charge in [0.1, 0.15) is 17.7 Å². The molecule has 0 aliphatic carbocycles. The minimum Gasteiger partial charge on any atom is -0.458 e. The lowest BCUT2D eigenvalue weighted by atomic mass is 9.90. The molecule has 0 unspecified atom stereocenters. The Labute approximate surface area is 206 Å². The number of nitrogens with zero attached hydrogens (tertiary/aromatic N) is 3. The maximum atomic E-state index is 14.3. The molecule has 1 saturated heterocycles. The highest BCUT2D eigenvalue weighted by atomic mass is 32.1. The highest BCUT2D eigenvalue weighted by Crippen LogP contribution is 2.36. The van der Waals surface area contributed by atoms with E-state index in [1.807, 2.05) is 13.0 Å². The van der Waals surface area contributed by atoms with Crippen LogP contribution >= 0.6 is 12.2 Å².